The van der Waals surface area contributed by atoms with Gasteiger partial charge in [0.25, 0.3) is 0 Å². The number of benzene rings is 2. The van der Waals surface area contributed by atoms with Crippen molar-refractivity contribution in [2.75, 3.05) is 0 Å². The predicted octanol–water partition coefficient (Wildman–Crippen LogP) is 7.61. The molecular weight excluding hydrogens is 460 g/mol. The van der Waals surface area contributed by atoms with Crippen molar-refractivity contribution in [3.8, 4) is 11.4 Å². The zero-order valence-electron chi connectivity index (χ0n) is 22.2. The normalized spacial score (nSPS) is 11.6. The van der Waals surface area contributed by atoms with E-state index >= 15 is 0 Å². The maximum absolute atomic E-state index is 12.8. The molecule has 3 heterocycles. The quantitative estimate of drug-likeness (QED) is 0.139. The number of rotatable bonds is 11. The second-order valence-electron chi connectivity index (χ2n) is 9.76. The van der Waals surface area contributed by atoms with Crippen molar-refractivity contribution in [2.45, 2.75) is 78.6 Å². The summed E-state index contributed by atoms with van der Waals surface area (Å²) < 4.78 is 10.2. The van der Waals surface area contributed by atoms with Crippen LogP contribution < -0.4 is 4.74 Å². The van der Waals surface area contributed by atoms with Gasteiger partial charge >= 0.3 is 5.97 Å². The number of hydrogen-bond acceptors (Lipinski definition) is 4. The second kappa shape index (κ2) is 11.2. The van der Waals surface area contributed by atoms with Crippen LogP contribution in [0.1, 0.15) is 77.1 Å². The molecule has 6 nitrogen and oxygen atoms in total. The summed E-state index contributed by atoms with van der Waals surface area (Å²) >= 11 is 0. The fraction of sp³-hybridized carbons (Fsp3) is 0.387. The van der Waals surface area contributed by atoms with Gasteiger partial charge in [0.2, 0.25) is 0 Å². The van der Waals surface area contributed by atoms with E-state index in [1.807, 2.05) is 29.0 Å². The van der Waals surface area contributed by atoms with Crippen LogP contribution in [-0.2, 0) is 17.6 Å². The number of aromatic nitrogens is 4. The largest absolute Gasteiger partial charge is 0.424 e. The molecule has 0 radical (unpaired) electrons. The van der Waals surface area contributed by atoms with E-state index < -0.39 is 0 Å². The molecule has 0 aliphatic carbocycles. The Hall–Kier alpha value is -3.67. The van der Waals surface area contributed by atoms with Gasteiger partial charge in [0.05, 0.1) is 17.2 Å². The molecule has 0 unspecified atom stereocenters. The summed E-state index contributed by atoms with van der Waals surface area (Å²) in [6, 6.07) is 16.6. The number of carbonyl (C=O) groups is 1. The lowest BCUT2D eigenvalue weighted by atomic mass is 10.1. The number of fused-ring (bicyclic) bond motifs is 5. The Labute approximate surface area is 218 Å². The number of para-hydroxylation sites is 2. The van der Waals surface area contributed by atoms with Crippen LogP contribution in [0.15, 0.2) is 54.7 Å². The van der Waals surface area contributed by atoms with Gasteiger partial charge < -0.3 is 4.74 Å². The fourth-order valence-electron chi connectivity index (χ4n) is 4.98. The molecule has 0 amide bonds. The van der Waals surface area contributed by atoms with Gasteiger partial charge in [0, 0.05) is 18.5 Å². The molecule has 0 fully saturated rings. The summed E-state index contributed by atoms with van der Waals surface area (Å²) in [6.45, 7) is 6.50. The van der Waals surface area contributed by atoms with Gasteiger partial charge in [-0.05, 0) is 49.1 Å². The number of nitrogens with zero attached hydrogens (tertiary/aromatic N) is 4. The van der Waals surface area contributed by atoms with Crippen LogP contribution in [0.2, 0.25) is 0 Å². The Balaban J connectivity index is 1.73. The summed E-state index contributed by atoms with van der Waals surface area (Å²) in [4.78, 5) is 23.1. The summed E-state index contributed by atoms with van der Waals surface area (Å²) in [6.07, 6.45) is 10.4. The summed E-state index contributed by atoms with van der Waals surface area (Å²) in [7, 11) is 0. The molecule has 0 saturated heterocycles. The first-order valence-electron chi connectivity index (χ1n) is 13.8. The number of hydrogen-bond donors (Lipinski definition) is 0. The van der Waals surface area contributed by atoms with Gasteiger partial charge in [-0.2, -0.15) is 0 Å². The first-order chi connectivity index (χ1) is 18.1. The van der Waals surface area contributed by atoms with E-state index in [0.717, 1.165) is 90.6 Å². The lowest BCUT2D eigenvalue weighted by Crippen LogP contribution is -2.08. The number of carbonyl (C=O) groups excluding carboxylic acids is 1. The average molecular weight is 497 g/mol. The molecule has 0 N–H and O–H groups in total. The van der Waals surface area contributed by atoms with E-state index in [9.17, 15) is 4.79 Å². The molecule has 6 heteroatoms. The van der Waals surface area contributed by atoms with Gasteiger partial charge in [0.15, 0.2) is 17.0 Å². The molecule has 0 aliphatic heterocycles. The smallest absolute Gasteiger partial charge is 0.311 e. The van der Waals surface area contributed by atoms with E-state index in [0.29, 0.717) is 12.2 Å². The van der Waals surface area contributed by atoms with Crippen molar-refractivity contribution in [3.63, 3.8) is 0 Å². The highest BCUT2D eigenvalue weighted by atomic mass is 16.5. The van der Waals surface area contributed by atoms with E-state index in [-0.39, 0.29) is 5.97 Å². The van der Waals surface area contributed by atoms with Gasteiger partial charge in [0.1, 0.15) is 11.2 Å². The number of aryl methyl sites for hydroxylation is 2. The van der Waals surface area contributed by atoms with Crippen LogP contribution in [0.3, 0.4) is 0 Å². The van der Waals surface area contributed by atoms with Crippen LogP contribution in [-0.4, -0.2) is 24.9 Å². The zero-order chi connectivity index (χ0) is 25.8. The van der Waals surface area contributed by atoms with Crippen LogP contribution in [0, 0.1) is 0 Å². The van der Waals surface area contributed by atoms with Crippen molar-refractivity contribution in [3.05, 3.63) is 66.1 Å². The van der Waals surface area contributed by atoms with Crippen LogP contribution in [0.25, 0.3) is 33.4 Å². The molecule has 0 spiro atoms. The van der Waals surface area contributed by atoms with Crippen molar-refractivity contribution in [1.82, 2.24) is 18.9 Å². The molecule has 0 bridgehead atoms. The van der Waals surface area contributed by atoms with Gasteiger partial charge in [-0.25, -0.2) is 9.97 Å². The third-order valence-corrected chi connectivity index (χ3v) is 7.06. The van der Waals surface area contributed by atoms with Crippen molar-refractivity contribution in [2.24, 2.45) is 0 Å². The maximum Gasteiger partial charge on any atom is 0.311 e. The molecule has 5 rings (SSSR count). The predicted molar refractivity (Wildman–Crippen MR) is 150 cm³/mol. The first-order valence-corrected chi connectivity index (χ1v) is 13.8. The summed E-state index contributed by atoms with van der Waals surface area (Å²) in [5.74, 6) is 1.29. The first kappa shape index (κ1) is 25.0. The van der Waals surface area contributed by atoms with E-state index in [1.54, 1.807) is 0 Å². The second-order valence-corrected chi connectivity index (χ2v) is 9.76. The molecule has 37 heavy (non-hydrogen) atoms. The summed E-state index contributed by atoms with van der Waals surface area (Å²) in [5.41, 5.74) is 5.77. The maximum atomic E-state index is 12.8. The third kappa shape index (κ3) is 4.97. The van der Waals surface area contributed by atoms with E-state index in [4.69, 9.17) is 14.7 Å². The summed E-state index contributed by atoms with van der Waals surface area (Å²) in [5, 5.41) is 0.777. The molecule has 0 aliphatic rings. The Bertz CT molecular complexity index is 1530. The molecule has 0 saturated carbocycles. The van der Waals surface area contributed by atoms with E-state index in [1.165, 1.54) is 5.56 Å². The highest BCUT2D eigenvalue weighted by molar-refractivity contribution is 6.01. The molecule has 3 aromatic heterocycles. The minimum atomic E-state index is -0.213. The Morgan fingerprint density at radius 2 is 1.62 bits per heavy atom. The van der Waals surface area contributed by atoms with Gasteiger partial charge in [-0.15, -0.1) is 0 Å². The van der Waals surface area contributed by atoms with Gasteiger partial charge in [-0.3, -0.25) is 13.8 Å². The molecule has 0 atom stereocenters. The zero-order valence-corrected chi connectivity index (χ0v) is 22.2. The monoisotopic (exact) mass is 496 g/mol. The van der Waals surface area contributed by atoms with Crippen molar-refractivity contribution >= 4 is 33.7 Å². The van der Waals surface area contributed by atoms with E-state index in [2.05, 4.69) is 55.5 Å². The third-order valence-electron chi connectivity index (χ3n) is 7.06. The number of esters is 1. The highest BCUT2D eigenvalue weighted by Gasteiger charge is 2.23. The fourth-order valence-corrected chi connectivity index (χ4v) is 4.98. The minimum absolute atomic E-state index is 0.213. The molecule has 5 aromatic rings. The molecule has 192 valence electrons. The van der Waals surface area contributed by atoms with Crippen LogP contribution in [0.4, 0.5) is 0 Å². The number of unbranched alkanes of at least 4 members (excludes halogenated alkanes) is 4. The Morgan fingerprint density at radius 1 is 0.865 bits per heavy atom. The SMILES string of the molecule is CCCCCC(=O)Oc1cn(-c2ccc(CC)cc2)c2nc(CCCCC)n3c4ccccc4nc3c12. The van der Waals surface area contributed by atoms with Crippen molar-refractivity contribution < 1.29 is 9.53 Å². The lowest BCUT2D eigenvalue weighted by Gasteiger charge is -2.10. The van der Waals surface area contributed by atoms with Crippen molar-refractivity contribution in [1.29, 1.82) is 0 Å². The average Bonchev–Trinajstić information content (AvgIpc) is 3.47. The highest BCUT2D eigenvalue weighted by Crippen LogP contribution is 2.35. The topological polar surface area (TPSA) is 61.4 Å². The minimum Gasteiger partial charge on any atom is -0.424 e. The van der Waals surface area contributed by atoms with Crippen LogP contribution in [0.5, 0.6) is 5.75 Å². The Morgan fingerprint density at radius 3 is 2.38 bits per heavy atom. The molecule has 2 aromatic carbocycles. The lowest BCUT2D eigenvalue weighted by molar-refractivity contribution is -0.134. The number of ether oxygens (including phenoxy) is 1. The van der Waals surface area contributed by atoms with Crippen LogP contribution >= 0.6 is 0 Å². The Kier molecular flexibility index (Phi) is 7.54. The molecular formula is C31H36N4O2. The standard InChI is InChI=1S/C31H36N4O2/c1-4-7-9-15-27-33-30-29(31-32-24-13-11-12-14-25(24)35(27)31)26(37-28(36)16-10-8-5-2)21-34(30)23-19-17-22(6-3)18-20-23/h11-14,17-21H,4-10,15-16H2,1-3H3. The van der Waals surface area contributed by atoms with Gasteiger partial charge in [-0.1, -0.05) is 70.7 Å². The number of imidazole rings is 1.